The summed E-state index contributed by atoms with van der Waals surface area (Å²) in [6.07, 6.45) is 0.930. The quantitative estimate of drug-likeness (QED) is 0.680. The van der Waals surface area contributed by atoms with Crippen molar-refractivity contribution in [3.8, 4) is 11.3 Å². The van der Waals surface area contributed by atoms with Gasteiger partial charge in [-0.3, -0.25) is 19.7 Å². The van der Waals surface area contributed by atoms with Crippen LogP contribution in [0.1, 0.15) is 46.7 Å². The van der Waals surface area contributed by atoms with Gasteiger partial charge in [0.2, 0.25) is 0 Å². The number of Topliss-reactive ketones (excluding diaryl/α,β-unsaturated/α-hetero) is 1. The number of halogens is 1. The average Bonchev–Trinajstić information content (AvgIpc) is 3.09. The molecule has 0 bridgehead atoms. The van der Waals surface area contributed by atoms with Crippen molar-refractivity contribution in [1.82, 2.24) is 9.97 Å². The topological polar surface area (TPSA) is 91.9 Å². The number of amides is 1. The Balaban J connectivity index is 1.58. The lowest BCUT2D eigenvalue weighted by molar-refractivity contribution is 0.0910. The third-order valence-corrected chi connectivity index (χ3v) is 5.58. The number of aromatic nitrogens is 2. The Hall–Kier alpha value is -3.13. The molecule has 0 radical (unpaired) electrons. The first-order valence-electron chi connectivity index (χ1n) is 9.04. The van der Waals surface area contributed by atoms with Crippen molar-refractivity contribution in [2.24, 2.45) is 5.41 Å². The Morgan fingerprint density at radius 1 is 1.21 bits per heavy atom. The van der Waals surface area contributed by atoms with Gasteiger partial charge in [-0.25, -0.2) is 9.37 Å². The molecule has 29 heavy (non-hydrogen) atoms. The molecule has 2 N–H and O–H groups in total. The van der Waals surface area contributed by atoms with E-state index in [1.165, 1.54) is 29.5 Å². The highest BCUT2D eigenvalue weighted by molar-refractivity contribution is 7.14. The summed E-state index contributed by atoms with van der Waals surface area (Å²) < 4.78 is 13.1. The molecule has 0 fully saturated rings. The van der Waals surface area contributed by atoms with Crippen LogP contribution in [0.3, 0.4) is 0 Å². The SMILES string of the molecule is CC1(C)CC(=O)c2cc(C(=O)Nc3nc(-c4ccc(F)cc4)cs3)c(=O)[nH]c2C1. The van der Waals surface area contributed by atoms with Gasteiger partial charge >= 0.3 is 0 Å². The minimum atomic E-state index is -0.633. The summed E-state index contributed by atoms with van der Waals surface area (Å²) in [5.41, 5.74) is 1.36. The molecule has 0 saturated heterocycles. The standard InChI is InChI=1S/C21H18FN3O3S/c1-21(2)8-15-13(17(26)9-21)7-14(18(27)23-15)19(28)25-20-24-16(10-29-20)11-3-5-12(22)6-4-11/h3-7,10H,8-9H2,1-2H3,(H,23,27)(H,24,25,28). The van der Waals surface area contributed by atoms with Crippen molar-refractivity contribution in [3.63, 3.8) is 0 Å². The van der Waals surface area contributed by atoms with Gasteiger partial charge in [0, 0.05) is 28.6 Å². The number of hydrogen-bond donors (Lipinski definition) is 2. The molecular formula is C21H18FN3O3S. The molecule has 2 aromatic heterocycles. The van der Waals surface area contributed by atoms with Gasteiger partial charge in [0.15, 0.2) is 10.9 Å². The van der Waals surface area contributed by atoms with Crippen molar-refractivity contribution >= 4 is 28.2 Å². The number of thiazole rings is 1. The van der Waals surface area contributed by atoms with Gasteiger partial charge in [0.1, 0.15) is 11.4 Å². The largest absolute Gasteiger partial charge is 0.325 e. The third-order valence-electron chi connectivity index (χ3n) is 4.83. The Morgan fingerprint density at radius 3 is 2.66 bits per heavy atom. The summed E-state index contributed by atoms with van der Waals surface area (Å²) >= 11 is 1.19. The molecule has 0 atom stereocenters. The minimum absolute atomic E-state index is 0.0885. The molecule has 6 nitrogen and oxygen atoms in total. The van der Waals surface area contributed by atoms with E-state index in [-0.39, 0.29) is 22.6 Å². The minimum Gasteiger partial charge on any atom is -0.325 e. The predicted molar refractivity (Wildman–Crippen MR) is 109 cm³/mol. The molecular weight excluding hydrogens is 393 g/mol. The Bertz CT molecular complexity index is 1180. The number of pyridine rings is 1. The number of anilines is 1. The smallest absolute Gasteiger partial charge is 0.263 e. The fraction of sp³-hybridized carbons (Fsp3) is 0.238. The average molecular weight is 411 g/mol. The summed E-state index contributed by atoms with van der Waals surface area (Å²) in [7, 11) is 0. The highest BCUT2D eigenvalue weighted by Crippen LogP contribution is 2.33. The van der Waals surface area contributed by atoms with Crippen molar-refractivity contribution < 1.29 is 14.0 Å². The van der Waals surface area contributed by atoms with E-state index < -0.39 is 11.5 Å². The van der Waals surface area contributed by atoms with Crippen molar-refractivity contribution in [1.29, 1.82) is 0 Å². The molecule has 2 heterocycles. The van der Waals surface area contributed by atoms with Crippen LogP contribution >= 0.6 is 11.3 Å². The summed E-state index contributed by atoms with van der Waals surface area (Å²) in [6.45, 7) is 3.93. The number of carbonyl (C=O) groups excluding carboxylic acids is 2. The molecule has 0 spiro atoms. The van der Waals surface area contributed by atoms with Crippen molar-refractivity contribution in [2.75, 3.05) is 5.32 Å². The summed E-state index contributed by atoms with van der Waals surface area (Å²) in [5.74, 6) is -1.07. The van der Waals surface area contributed by atoms with Crippen LogP contribution in [0.25, 0.3) is 11.3 Å². The molecule has 1 amide bonds. The van der Waals surface area contributed by atoms with E-state index in [9.17, 15) is 18.8 Å². The first-order chi connectivity index (χ1) is 13.7. The maximum atomic E-state index is 13.1. The number of nitrogens with zero attached hydrogens (tertiary/aromatic N) is 1. The molecule has 0 aliphatic heterocycles. The van der Waals surface area contributed by atoms with Crippen LogP contribution in [-0.2, 0) is 6.42 Å². The first-order valence-corrected chi connectivity index (χ1v) is 9.92. The van der Waals surface area contributed by atoms with E-state index in [1.807, 2.05) is 13.8 Å². The number of nitrogens with one attached hydrogen (secondary N) is 2. The molecule has 8 heteroatoms. The maximum Gasteiger partial charge on any atom is 0.263 e. The van der Waals surface area contributed by atoms with E-state index >= 15 is 0 Å². The normalized spacial score (nSPS) is 15.1. The number of ketones is 1. The van der Waals surface area contributed by atoms with Gasteiger partial charge < -0.3 is 4.98 Å². The van der Waals surface area contributed by atoms with E-state index in [0.29, 0.717) is 40.5 Å². The molecule has 1 aromatic carbocycles. The number of hydrogen-bond acceptors (Lipinski definition) is 5. The number of carbonyl (C=O) groups is 2. The number of rotatable bonds is 3. The summed E-state index contributed by atoms with van der Waals surface area (Å²) in [5, 5.41) is 4.63. The zero-order chi connectivity index (χ0) is 20.8. The van der Waals surface area contributed by atoms with Gasteiger partial charge in [-0.1, -0.05) is 13.8 Å². The lowest BCUT2D eigenvalue weighted by atomic mass is 9.75. The lowest BCUT2D eigenvalue weighted by Gasteiger charge is -2.29. The van der Waals surface area contributed by atoms with Crippen molar-refractivity contribution in [2.45, 2.75) is 26.7 Å². The molecule has 1 aliphatic carbocycles. The van der Waals surface area contributed by atoms with E-state index in [0.717, 1.165) is 0 Å². The van der Waals surface area contributed by atoms with Crippen LogP contribution < -0.4 is 10.9 Å². The highest BCUT2D eigenvalue weighted by atomic mass is 32.1. The van der Waals surface area contributed by atoms with Crippen LogP contribution in [0.15, 0.2) is 40.5 Å². The summed E-state index contributed by atoms with van der Waals surface area (Å²) in [4.78, 5) is 44.5. The first kappa shape index (κ1) is 19.2. The Kier molecular flexibility index (Phi) is 4.66. The monoisotopic (exact) mass is 411 g/mol. The molecule has 4 rings (SSSR count). The van der Waals surface area contributed by atoms with Gasteiger partial charge in [-0.05, 0) is 42.2 Å². The second-order valence-corrected chi connectivity index (χ2v) is 8.70. The zero-order valence-electron chi connectivity index (χ0n) is 15.8. The Labute approximate surface area is 169 Å². The summed E-state index contributed by atoms with van der Waals surface area (Å²) in [6, 6.07) is 7.22. The fourth-order valence-corrected chi connectivity index (χ4v) is 4.16. The highest BCUT2D eigenvalue weighted by Gasteiger charge is 2.32. The van der Waals surface area contributed by atoms with E-state index in [1.54, 1.807) is 17.5 Å². The van der Waals surface area contributed by atoms with Gasteiger partial charge in [0.05, 0.1) is 5.69 Å². The second kappa shape index (κ2) is 7.04. The fourth-order valence-electron chi connectivity index (χ4n) is 3.45. The number of benzene rings is 1. The Morgan fingerprint density at radius 2 is 1.93 bits per heavy atom. The van der Waals surface area contributed by atoms with Crippen LogP contribution in [0.4, 0.5) is 9.52 Å². The number of fused-ring (bicyclic) bond motifs is 1. The van der Waals surface area contributed by atoms with Gasteiger partial charge in [0.25, 0.3) is 11.5 Å². The van der Waals surface area contributed by atoms with Crippen LogP contribution in [0, 0.1) is 11.2 Å². The lowest BCUT2D eigenvalue weighted by Crippen LogP contribution is -2.32. The molecule has 3 aromatic rings. The zero-order valence-corrected chi connectivity index (χ0v) is 16.7. The second-order valence-electron chi connectivity index (χ2n) is 7.84. The number of aromatic amines is 1. The van der Waals surface area contributed by atoms with E-state index in [2.05, 4.69) is 15.3 Å². The van der Waals surface area contributed by atoms with Crippen molar-refractivity contribution in [3.05, 3.63) is 68.7 Å². The van der Waals surface area contributed by atoms with E-state index in [4.69, 9.17) is 0 Å². The maximum absolute atomic E-state index is 13.1. The number of H-pyrrole nitrogens is 1. The van der Waals surface area contributed by atoms with Crippen LogP contribution in [-0.4, -0.2) is 21.7 Å². The predicted octanol–water partition coefficient (Wildman–Crippen LogP) is 4.04. The van der Waals surface area contributed by atoms with Gasteiger partial charge in [-0.15, -0.1) is 11.3 Å². The molecule has 148 valence electrons. The van der Waals surface area contributed by atoms with Crippen LogP contribution in [0.2, 0.25) is 0 Å². The van der Waals surface area contributed by atoms with Gasteiger partial charge in [-0.2, -0.15) is 0 Å². The third kappa shape index (κ3) is 3.88. The van der Waals surface area contributed by atoms with Crippen LogP contribution in [0.5, 0.6) is 0 Å². The molecule has 1 aliphatic rings. The molecule has 0 saturated carbocycles. The molecule has 0 unspecified atom stereocenters.